The Labute approximate surface area is 112 Å². The van der Waals surface area contributed by atoms with Crippen LogP contribution in [0.25, 0.3) is 0 Å². The molecular formula is C15H17NO3. The number of carbonyl (C=O) groups is 2. The van der Waals surface area contributed by atoms with Crippen LogP contribution in [-0.4, -0.2) is 35.0 Å². The third kappa shape index (κ3) is 3.68. The first-order valence-corrected chi connectivity index (χ1v) is 6.42. The van der Waals surface area contributed by atoms with E-state index in [4.69, 9.17) is 5.11 Å². The van der Waals surface area contributed by atoms with E-state index in [1.165, 1.54) is 4.90 Å². The van der Waals surface area contributed by atoms with Crippen LogP contribution in [0, 0.1) is 5.92 Å². The van der Waals surface area contributed by atoms with Crippen LogP contribution in [0.2, 0.25) is 0 Å². The topological polar surface area (TPSA) is 57.6 Å². The summed E-state index contributed by atoms with van der Waals surface area (Å²) in [6.07, 6.45) is 4.30. The number of hydrogen-bond acceptors (Lipinski definition) is 2. The molecule has 0 saturated carbocycles. The van der Waals surface area contributed by atoms with E-state index >= 15 is 0 Å². The second-order valence-corrected chi connectivity index (χ2v) is 4.72. The Balaban J connectivity index is 1.95. The van der Waals surface area contributed by atoms with Crippen molar-refractivity contribution in [1.82, 2.24) is 4.90 Å². The molecule has 4 nitrogen and oxygen atoms in total. The normalized spacial score (nSPS) is 19.6. The number of benzene rings is 1. The van der Waals surface area contributed by atoms with E-state index in [0.29, 0.717) is 18.7 Å². The van der Waals surface area contributed by atoms with Gasteiger partial charge in [0.15, 0.2) is 5.78 Å². The molecule has 2 rings (SSSR count). The monoisotopic (exact) mass is 259 g/mol. The zero-order chi connectivity index (χ0) is 13.7. The molecule has 0 bridgehead atoms. The number of amides is 1. The summed E-state index contributed by atoms with van der Waals surface area (Å²) in [5.41, 5.74) is 0.657. The average molecular weight is 259 g/mol. The van der Waals surface area contributed by atoms with Gasteiger partial charge in [0.2, 0.25) is 0 Å². The van der Waals surface area contributed by atoms with Crippen molar-refractivity contribution in [3.05, 3.63) is 48.0 Å². The van der Waals surface area contributed by atoms with Gasteiger partial charge in [-0.1, -0.05) is 36.4 Å². The van der Waals surface area contributed by atoms with Crippen LogP contribution in [0.15, 0.2) is 42.5 Å². The molecule has 1 saturated heterocycles. The van der Waals surface area contributed by atoms with Gasteiger partial charge in [0.05, 0.1) is 0 Å². The fourth-order valence-electron chi connectivity index (χ4n) is 2.26. The molecule has 0 spiro atoms. The van der Waals surface area contributed by atoms with Crippen molar-refractivity contribution in [2.24, 2.45) is 5.92 Å². The number of ketones is 1. The fourth-order valence-corrected chi connectivity index (χ4v) is 2.26. The molecule has 1 unspecified atom stereocenters. The van der Waals surface area contributed by atoms with Crippen LogP contribution in [0.5, 0.6) is 0 Å². The van der Waals surface area contributed by atoms with Crippen LogP contribution in [0.3, 0.4) is 0 Å². The molecule has 1 N–H and O–H groups in total. The molecule has 0 aliphatic carbocycles. The van der Waals surface area contributed by atoms with Crippen molar-refractivity contribution in [2.75, 3.05) is 13.1 Å². The van der Waals surface area contributed by atoms with Crippen molar-refractivity contribution in [3.63, 3.8) is 0 Å². The maximum Gasteiger partial charge on any atom is 0.407 e. The molecule has 1 aliphatic rings. The second-order valence-electron chi connectivity index (χ2n) is 4.72. The molecule has 0 radical (unpaired) electrons. The summed E-state index contributed by atoms with van der Waals surface area (Å²) >= 11 is 0. The number of allylic oxidation sites excluding steroid dienone is 1. The Morgan fingerprint density at radius 3 is 2.68 bits per heavy atom. The lowest BCUT2D eigenvalue weighted by molar-refractivity contribution is 0.104. The fraction of sp³-hybridized carbons (Fsp3) is 0.333. The number of rotatable bonds is 3. The van der Waals surface area contributed by atoms with Gasteiger partial charge in [-0.05, 0) is 24.8 Å². The summed E-state index contributed by atoms with van der Waals surface area (Å²) in [7, 11) is 0. The minimum absolute atomic E-state index is 0.0342. The number of piperidine rings is 1. The molecule has 1 amide bonds. The van der Waals surface area contributed by atoms with Crippen LogP contribution < -0.4 is 0 Å². The summed E-state index contributed by atoms with van der Waals surface area (Å²) in [6.45, 7) is 1.07. The predicted octanol–water partition coefficient (Wildman–Crippen LogP) is 2.82. The Hall–Kier alpha value is -2.10. The predicted molar refractivity (Wildman–Crippen MR) is 72.2 cm³/mol. The number of likely N-dealkylation sites (tertiary alicyclic amines) is 1. The third-order valence-electron chi connectivity index (χ3n) is 3.31. The third-order valence-corrected chi connectivity index (χ3v) is 3.31. The second kappa shape index (κ2) is 6.18. The molecule has 1 heterocycles. The van der Waals surface area contributed by atoms with Crippen LogP contribution in [0.4, 0.5) is 4.79 Å². The highest BCUT2D eigenvalue weighted by molar-refractivity contribution is 6.04. The van der Waals surface area contributed by atoms with E-state index in [9.17, 15) is 9.59 Å². The van der Waals surface area contributed by atoms with Crippen LogP contribution in [-0.2, 0) is 0 Å². The summed E-state index contributed by atoms with van der Waals surface area (Å²) in [5, 5.41) is 8.95. The van der Waals surface area contributed by atoms with Crippen LogP contribution in [0.1, 0.15) is 23.2 Å². The van der Waals surface area contributed by atoms with E-state index in [0.717, 1.165) is 12.8 Å². The van der Waals surface area contributed by atoms with Gasteiger partial charge >= 0.3 is 6.09 Å². The molecule has 4 heteroatoms. The molecule has 1 atom stereocenters. The summed E-state index contributed by atoms with van der Waals surface area (Å²) in [6, 6.07) is 9.07. The van der Waals surface area contributed by atoms with E-state index in [1.807, 2.05) is 24.3 Å². The lowest BCUT2D eigenvalue weighted by atomic mass is 9.97. The Bertz CT molecular complexity index is 481. The van der Waals surface area contributed by atoms with Crippen molar-refractivity contribution >= 4 is 11.9 Å². The Morgan fingerprint density at radius 1 is 1.26 bits per heavy atom. The highest BCUT2D eigenvalue weighted by Gasteiger charge is 2.21. The van der Waals surface area contributed by atoms with Gasteiger partial charge in [0.25, 0.3) is 0 Å². The molecule has 19 heavy (non-hydrogen) atoms. The number of carbonyl (C=O) groups excluding carboxylic acids is 1. The molecule has 1 fully saturated rings. The zero-order valence-corrected chi connectivity index (χ0v) is 10.7. The zero-order valence-electron chi connectivity index (χ0n) is 10.7. The largest absolute Gasteiger partial charge is 0.465 e. The highest BCUT2D eigenvalue weighted by atomic mass is 16.4. The molecule has 0 aromatic heterocycles. The smallest absolute Gasteiger partial charge is 0.407 e. The van der Waals surface area contributed by atoms with Gasteiger partial charge in [-0.3, -0.25) is 4.79 Å². The highest BCUT2D eigenvalue weighted by Crippen LogP contribution is 2.18. The molecule has 1 aliphatic heterocycles. The minimum atomic E-state index is -0.882. The van der Waals surface area contributed by atoms with Gasteiger partial charge in [-0.2, -0.15) is 0 Å². The average Bonchev–Trinajstić information content (AvgIpc) is 2.46. The van der Waals surface area contributed by atoms with E-state index in [-0.39, 0.29) is 11.7 Å². The Kier molecular flexibility index (Phi) is 4.34. The molecule has 1 aromatic rings. The van der Waals surface area contributed by atoms with Gasteiger partial charge in [0, 0.05) is 18.7 Å². The first-order chi connectivity index (χ1) is 9.16. The van der Waals surface area contributed by atoms with Crippen molar-refractivity contribution in [2.45, 2.75) is 12.8 Å². The van der Waals surface area contributed by atoms with Crippen molar-refractivity contribution in [3.8, 4) is 0 Å². The quantitative estimate of drug-likeness (QED) is 0.670. The maximum atomic E-state index is 11.9. The van der Waals surface area contributed by atoms with Gasteiger partial charge < -0.3 is 10.0 Å². The number of carboxylic acid groups (broad SMARTS) is 1. The molecule has 1 aromatic carbocycles. The van der Waals surface area contributed by atoms with Gasteiger partial charge in [0.1, 0.15) is 0 Å². The van der Waals surface area contributed by atoms with E-state index < -0.39 is 6.09 Å². The lowest BCUT2D eigenvalue weighted by Crippen LogP contribution is -2.38. The lowest BCUT2D eigenvalue weighted by Gasteiger charge is -2.28. The standard InChI is InChI=1S/C15H17NO3/c17-14(13-6-2-1-3-7-13)9-8-12-5-4-10-16(11-12)15(18)19/h1-3,6-9,12H,4-5,10-11H2,(H,18,19). The van der Waals surface area contributed by atoms with E-state index in [2.05, 4.69) is 0 Å². The molecular weight excluding hydrogens is 242 g/mol. The number of hydrogen-bond donors (Lipinski definition) is 1. The SMILES string of the molecule is O=C(C=CC1CCCN(C(=O)O)C1)c1ccccc1. The Morgan fingerprint density at radius 2 is 2.00 bits per heavy atom. The molecule has 100 valence electrons. The summed E-state index contributed by atoms with van der Waals surface area (Å²) in [4.78, 5) is 24.2. The van der Waals surface area contributed by atoms with Crippen molar-refractivity contribution < 1.29 is 14.7 Å². The summed E-state index contributed by atoms with van der Waals surface area (Å²) in [5.74, 6) is 0.102. The summed E-state index contributed by atoms with van der Waals surface area (Å²) < 4.78 is 0. The van der Waals surface area contributed by atoms with Crippen LogP contribution >= 0.6 is 0 Å². The van der Waals surface area contributed by atoms with Gasteiger partial charge in [-0.15, -0.1) is 0 Å². The maximum absolute atomic E-state index is 11.9. The van der Waals surface area contributed by atoms with Gasteiger partial charge in [-0.25, -0.2) is 4.79 Å². The van der Waals surface area contributed by atoms with E-state index in [1.54, 1.807) is 18.2 Å². The van der Waals surface area contributed by atoms with Crippen molar-refractivity contribution in [1.29, 1.82) is 0 Å². The first-order valence-electron chi connectivity index (χ1n) is 6.42. The minimum Gasteiger partial charge on any atom is -0.465 e. The first kappa shape index (κ1) is 13.3. The number of nitrogens with zero attached hydrogens (tertiary/aromatic N) is 1.